The smallest absolute Gasteiger partial charge is 0.323 e. The molecule has 4 heteroatoms. The zero-order valence-corrected chi connectivity index (χ0v) is 15.2. The number of aryl methyl sites for hydroxylation is 3. The Morgan fingerprint density at radius 1 is 1.04 bits per heavy atom. The third-order valence-electron chi connectivity index (χ3n) is 4.33. The van der Waals surface area contributed by atoms with Gasteiger partial charge in [-0.25, -0.2) is 0 Å². The lowest BCUT2D eigenvalue weighted by atomic mass is 10.2. The van der Waals surface area contributed by atoms with Gasteiger partial charge in [-0.1, -0.05) is 41.6 Å². The summed E-state index contributed by atoms with van der Waals surface area (Å²) in [5.41, 5.74) is 5.65. The lowest BCUT2D eigenvalue weighted by molar-refractivity contribution is -0.137. The molecule has 0 saturated carbocycles. The summed E-state index contributed by atoms with van der Waals surface area (Å²) < 4.78 is 1.90. The van der Waals surface area contributed by atoms with Gasteiger partial charge in [-0.2, -0.15) is 0 Å². The Kier molecular flexibility index (Phi) is 4.41. The molecular weight excluding hydrogens is 318 g/mol. The van der Waals surface area contributed by atoms with Gasteiger partial charge in [-0.15, -0.1) is 0 Å². The molecule has 3 nitrogen and oxygen atoms in total. The predicted molar refractivity (Wildman–Crippen MR) is 99.1 cm³/mol. The van der Waals surface area contributed by atoms with E-state index in [-0.39, 0.29) is 6.54 Å². The van der Waals surface area contributed by atoms with Gasteiger partial charge in [0.2, 0.25) is 0 Å². The number of aliphatic carboxylic acids is 1. The van der Waals surface area contributed by atoms with E-state index in [4.69, 9.17) is 0 Å². The Balaban J connectivity index is 2.22. The molecule has 0 amide bonds. The van der Waals surface area contributed by atoms with Crippen molar-refractivity contribution in [3.63, 3.8) is 0 Å². The second-order valence-corrected chi connectivity index (χ2v) is 7.26. The van der Waals surface area contributed by atoms with Crippen molar-refractivity contribution in [3.8, 4) is 0 Å². The van der Waals surface area contributed by atoms with Crippen LogP contribution in [0.3, 0.4) is 0 Å². The van der Waals surface area contributed by atoms with Crippen molar-refractivity contribution in [2.75, 3.05) is 0 Å². The van der Waals surface area contributed by atoms with E-state index in [1.165, 1.54) is 21.6 Å². The molecule has 124 valence electrons. The number of hydrogen-bond acceptors (Lipinski definition) is 2. The second kappa shape index (κ2) is 6.36. The number of carboxylic acids is 1. The molecule has 2 aromatic carbocycles. The lowest BCUT2D eigenvalue weighted by Crippen LogP contribution is -2.09. The summed E-state index contributed by atoms with van der Waals surface area (Å²) in [6, 6.07) is 12.5. The molecule has 1 heterocycles. The molecule has 0 spiro atoms. The summed E-state index contributed by atoms with van der Waals surface area (Å²) in [5.74, 6) is -0.820. The minimum atomic E-state index is -0.820. The van der Waals surface area contributed by atoms with Crippen molar-refractivity contribution in [2.24, 2.45) is 0 Å². The zero-order valence-electron chi connectivity index (χ0n) is 14.4. The maximum absolute atomic E-state index is 11.3. The van der Waals surface area contributed by atoms with Crippen LogP contribution in [0.1, 0.15) is 22.4 Å². The van der Waals surface area contributed by atoms with Crippen molar-refractivity contribution in [1.82, 2.24) is 4.57 Å². The van der Waals surface area contributed by atoms with E-state index >= 15 is 0 Å². The van der Waals surface area contributed by atoms with Crippen LogP contribution in [0.25, 0.3) is 10.9 Å². The predicted octanol–water partition coefficient (Wildman–Crippen LogP) is 5.11. The lowest BCUT2D eigenvalue weighted by Gasteiger charge is -2.10. The number of nitrogens with zero attached hydrogens (tertiary/aromatic N) is 1. The molecule has 0 aliphatic heterocycles. The zero-order chi connectivity index (χ0) is 17.4. The Bertz CT molecular complexity index is 920. The standard InChI is InChI=1S/C20H21NO2S/c1-12-8-9-17-16(10-12)20(15(4)21(17)11-18(22)23)24-19-13(2)6-5-7-14(19)3/h5-10H,11H2,1-4H3,(H,22,23). The van der Waals surface area contributed by atoms with E-state index in [1.54, 1.807) is 11.8 Å². The Morgan fingerprint density at radius 3 is 2.33 bits per heavy atom. The summed E-state index contributed by atoms with van der Waals surface area (Å²) in [7, 11) is 0. The normalized spacial score (nSPS) is 11.2. The highest BCUT2D eigenvalue weighted by atomic mass is 32.2. The molecule has 3 aromatic rings. The molecule has 0 radical (unpaired) electrons. The van der Waals surface area contributed by atoms with E-state index in [1.807, 2.05) is 23.6 Å². The fourth-order valence-corrected chi connectivity index (χ4v) is 4.29. The van der Waals surface area contributed by atoms with E-state index in [0.29, 0.717) is 0 Å². The SMILES string of the molecule is Cc1ccc2c(c1)c(Sc1c(C)cccc1C)c(C)n2CC(=O)O. The molecule has 3 rings (SSSR count). The van der Waals surface area contributed by atoms with Gasteiger partial charge < -0.3 is 9.67 Å². The molecular formula is C20H21NO2S. The van der Waals surface area contributed by atoms with Crippen LogP contribution in [0.2, 0.25) is 0 Å². The summed E-state index contributed by atoms with van der Waals surface area (Å²) in [4.78, 5) is 13.7. The minimum Gasteiger partial charge on any atom is -0.480 e. The minimum absolute atomic E-state index is 0.0152. The summed E-state index contributed by atoms with van der Waals surface area (Å²) in [5, 5.41) is 10.4. The first kappa shape index (κ1) is 16.7. The van der Waals surface area contributed by atoms with Gasteiger partial charge >= 0.3 is 5.97 Å². The first-order valence-electron chi connectivity index (χ1n) is 7.94. The van der Waals surface area contributed by atoms with Gasteiger partial charge in [0.15, 0.2) is 0 Å². The molecule has 0 saturated heterocycles. The first-order valence-corrected chi connectivity index (χ1v) is 8.75. The van der Waals surface area contributed by atoms with Crippen LogP contribution in [0.4, 0.5) is 0 Å². The van der Waals surface area contributed by atoms with Crippen molar-refractivity contribution in [3.05, 3.63) is 58.8 Å². The molecule has 0 atom stereocenters. The molecule has 0 aliphatic carbocycles. The van der Waals surface area contributed by atoms with Crippen LogP contribution in [0.15, 0.2) is 46.2 Å². The average Bonchev–Trinajstić information content (AvgIpc) is 2.75. The Hall–Kier alpha value is -2.20. The van der Waals surface area contributed by atoms with E-state index in [2.05, 4.69) is 45.0 Å². The van der Waals surface area contributed by atoms with Crippen molar-refractivity contribution in [1.29, 1.82) is 0 Å². The van der Waals surface area contributed by atoms with Gasteiger partial charge in [0.25, 0.3) is 0 Å². The summed E-state index contributed by atoms with van der Waals surface area (Å²) in [6.45, 7) is 8.29. The Labute approximate surface area is 146 Å². The van der Waals surface area contributed by atoms with Gasteiger partial charge in [0, 0.05) is 26.4 Å². The molecule has 0 unspecified atom stereocenters. The fourth-order valence-electron chi connectivity index (χ4n) is 3.10. The van der Waals surface area contributed by atoms with Crippen LogP contribution < -0.4 is 0 Å². The topological polar surface area (TPSA) is 42.2 Å². The third-order valence-corrected chi connectivity index (χ3v) is 5.89. The van der Waals surface area contributed by atoms with Gasteiger partial charge in [0.1, 0.15) is 6.54 Å². The Morgan fingerprint density at radius 2 is 1.71 bits per heavy atom. The number of benzene rings is 2. The summed E-state index contributed by atoms with van der Waals surface area (Å²) in [6.07, 6.45) is 0. The highest BCUT2D eigenvalue weighted by Gasteiger charge is 2.18. The van der Waals surface area contributed by atoms with Crippen molar-refractivity contribution in [2.45, 2.75) is 44.0 Å². The highest BCUT2D eigenvalue weighted by molar-refractivity contribution is 7.99. The summed E-state index contributed by atoms with van der Waals surface area (Å²) >= 11 is 1.74. The van der Waals surface area contributed by atoms with Gasteiger partial charge in [-0.3, -0.25) is 4.79 Å². The van der Waals surface area contributed by atoms with Crippen LogP contribution in [-0.2, 0) is 11.3 Å². The maximum Gasteiger partial charge on any atom is 0.323 e. The van der Waals surface area contributed by atoms with Crippen molar-refractivity contribution < 1.29 is 9.90 Å². The molecule has 1 N–H and O–H groups in total. The maximum atomic E-state index is 11.3. The van der Waals surface area contributed by atoms with Gasteiger partial charge in [0.05, 0.1) is 0 Å². The number of carbonyl (C=O) groups is 1. The molecule has 0 fully saturated rings. The van der Waals surface area contributed by atoms with Gasteiger partial charge in [-0.05, 0) is 51.0 Å². The van der Waals surface area contributed by atoms with Crippen molar-refractivity contribution >= 4 is 28.6 Å². The van der Waals surface area contributed by atoms with E-state index in [9.17, 15) is 9.90 Å². The molecule has 0 aliphatic rings. The van der Waals surface area contributed by atoms with Crippen LogP contribution >= 0.6 is 11.8 Å². The number of rotatable bonds is 4. The van der Waals surface area contributed by atoms with E-state index in [0.717, 1.165) is 21.5 Å². The largest absolute Gasteiger partial charge is 0.480 e. The van der Waals surface area contributed by atoms with Crippen LogP contribution in [-0.4, -0.2) is 15.6 Å². The highest BCUT2D eigenvalue weighted by Crippen LogP contribution is 2.41. The number of carboxylic acid groups (broad SMARTS) is 1. The molecule has 1 aromatic heterocycles. The van der Waals surface area contributed by atoms with Crippen LogP contribution in [0, 0.1) is 27.7 Å². The monoisotopic (exact) mass is 339 g/mol. The third kappa shape index (κ3) is 2.94. The first-order chi connectivity index (χ1) is 11.4. The molecule has 24 heavy (non-hydrogen) atoms. The quantitative estimate of drug-likeness (QED) is 0.718. The number of hydrogen-bond donors (Lipinski definition) is 1. The number of fused-ring (bicyclic) bond motifs is 1. The van der Waals surface area contributed by atoms with E-state index < -0.39 is 5.97 Å². The molecule has 0 bridgehead atoms. The number of aromatic nitrogens is 1. The second-order valence-electron chi connectivity index (χ2n) is 6.24. The fraction of sp³-hybridized carbons (Fsp3) is 0.250. The van der Waals surface area contributed by atoms with Crippen LogP contribution in [0.5, 0.6) is 0 Å². The average molecular weight is 339 g/mol.